The molecule has 3 N–H and O–H groups in total. The van der Waals surface area contributed by atoms with E-state index in [0.29, 0.717) is 18.9 Å². The summed E-state index contributed by atoms with van der Waals surface area (Å²) in [5.74, 6) is 1.46. The molecule has 190 valence electrons. The first-order chi connectivity index (χ1) is 18.2. The first-order valence-corrected chi connectivity index (χ1v) is 13.8. The van der Waals surface area contributed by atoms with Gasteiger partial charge in [0.1, 0.15) is 30.8 Å². The monoisotopic (exact) mass is 512 g/mol. The summed E-state index contributed by atoms with van der Waals surface area (Å²) in [5.41, 5.74) is 3.12. The molecule has 0 aliphatic rings. The lowest BCUT2D eigenvalue weighted by molar-refractivity contribution is 0.106. The van der Waals surface area contributed by atoms with Crippen molar-refractivity contribution < 1.29 is 19.0 Å². The van der Waals surface area contributed by atoms with Crippen LogP contribution >= 0.6 is 0 Å². The lowest BCUT2D eigenvalue weighted by atomic mass is 10.1. The van der Waals surface area contributed by atoms with Crippen molar-refractivity contribution in [3.8, 4) is 11.5 Å². The average Bonchev–Trinajstić information content (AvgIpc) is 2.95. The molecule has 7 heteroatoms. The van der Waals surface area contributed by atoms with Gasteiger partial charge in [-0.15, -0.1) is 0 Å². The van der Waals surface area contributed by atoms with Gasteiger partial charge in [0.2, 0.25) is 0 Å². The van der Waals surface area contributed by atoms with Crippen molar-refractivity contribution in [1.29, 1.82) is 0 Å². The standard InChI is InChI=1S/C30H32N2O4Si/c33-27(23-36-29-17-15-28(16-18-29)35-22-25-7-3-1-4-8-25)21-31-20-19-24-11-13-26(14-12-24)32-37(34)30-9-5-2-6-10-30/h1-18,27,31-33H,19-23H2/t27-/m0/s1. The molecule has 1 atom stereocenters. The van der Waals surface area contributed by atoms with Gasteiger partial charge >= 0.3 is 8.84 Å². The molecule has 0 fully saturated rings. The molecule has 0 radical (unpaired) electrons. The van der Waals surface area contributed by atoms with E-state index >= 15 is 0 Å². The van der Waals surface area contributed by atoms with Crippen LogP contribution in [0.1, 0.15) is 11.1 Å². The molecule has 0 bridgehead atoms. The van der Waals surface area contributed by atoms with E-state index in [9.17, 15) is 9.57 Å². The molecule has 0 aromatic heterocycles. The Morgan fingerprint density at radius 1 is 0.730 bits per heavy atom. The molecule has 4 aromatic rings. The van der Waals surface area contributed by atoms with Gasteiger partial charge in [0.25, 0.3) is 0 Å². The van der Waals surface area contributed by atoms with Crippen molar-refractivity contribution in [2.45, 2.75) is 19.1 Å². The maximum Gasteiger partial charge on any atom is 0.432 e. The molecule has 0 spiro atoms. The van der Waals surface area contributed by atoms with E-state index in [4.69, 9.17) is 9.47 Å². The van der Waals surface area contributed by atoms with Crippen LogP contribution in [-0.2, 0) is 17.5 Å². The molecule has 0 heterocycles. The summed E-state index contributed by atoms with van der Waals surface area (Å²) in [6.45, 7) is 1.90. The highest BCUT2D eigenvalue weighted by atomic mass is 28.3. The SMILES string of the molecule is O=[Si](Nc1ccc(CCNC[C@H](O)COc2ccc(OCc3ccccc3)cc2)cc1)c1ccccc1. The summed E-state index contributed by atoms with van der Waals surface area (Å²) in [6.07, 6.45) is 0.211. The predicted molar refractivity (Wildman–Crippen MR) is 148 cm³/mol. The Balaban J connectivity index is 1.10. The summed E-state index contributed by atoms with van der Waals surface area (Å²) in [7, 11) is -2.06. The highest BCUT2D eigenvalue weighted by Crippen LogP contribution is 2.19. The Bertz CT molecular complexity index is 1220. The summed E-state index contributed by atoms with van der Waals surface area (Å²) in [6, 6.07) is 34.8. The first kappa shape index (κ1) is 26.3. The number of nitrogens with one attached hydrogen (secondary N) is 2. The Labute approximate surface area is 219 Å². The molecule has 0 aliphatic heterocycles. The number of aliphatic hydroxyl groups excluding tert-OH is 1. The van der Waals surface area contributed by atoms with Crippen LogP contribution in [0, 0.1) is 0 Å². The predicted octanol–water partition coefficient (Wildman–Crippen LogP) is 4.08. The quantitative estimate of drug-likeness (QED) is 0.175. The average molecular weight is 513 g/mol. The third kappa shape index (κ3) is 8.99. The van der Waals surface area contributed by atoms with Crippen LogP contribution in [0.3, 0.4) is 0 Å². The number of hydrogen-bond acceptors (Lipinski definition) is 5. The van der Waals surface area contributed by atoms with Crippen LogP contribution in [0.5, 0.6) is 11.5 Å². The lowest BCUT2D eigenvalue weighted by Gasteiger charge is -2.14. The van der Waals surface area contributed by atoms with E-state index < -0.39 is 14.9 Å². The number of ether oxygens (including phenoxy) is 2. The fourth-order valence-electron chi connectivity index (χ4n) is 3.67. The maximum atomic E-state index is 12.4. The van der Waals surface area contributed by atoms with E-state index in [1.165, 1.54) is 0 Å². The van der Waals surface area contributed by atoms with Gasteiger partial charge in [-0.05, 0) is 60.5 Å². The van der Waals surface area contributed by atoms with Crippen LogP contribution in [0.15, 0.2) is 109 Å². The van der Waals surface area contributed by atoms with Gasteiger partial charge in [-0.1, -0.05) is 72.8 Å². The van der Waals surface area contributed by atoms with E-state index in [0.717, 1.165) is 40.7 Å². The molecule has 0 saturated heterocycles. The van der Waals surface area contributed by atoms with E-state index in [2.05, 4.69) is 10.3 Å². The minimum atomic E-state index is -2.06. The Hall–Kier alpha value is -3.78. The second-order valence-corrected chi connectivity index (χ2v) is 10.2. The summed E-state index contributed by atoms with van der Waals surface area (Å²) < 4.78 is 23.9. The highest BCUT2D eigenvalue weighted by Gasteiger charge is 2.09. The fraction of sp³-hybridized carbons (Fsp3) is 0.200. The highest BCUT2D eigenvalue weighted by molar-refractivity contribution is 6.62. The number of aliphatic hydroxyl groups is 1. The van der Waals surface area contributed by atoms with Crippen LogP contribution in [0.2, 0.25) is 0 Å². The van der Waals surface area contributed by atoms with E-state index in [1.54, 1.807) is 0 Å². The molecule has 0 amide bonds. The molecule has 6 nitrogen and oxygen atoms in total. The first-order valence-electron chi connectivity index (χ1n) is 12.4. The summed E-state index contributed by atoms with van der Waals surface area (Å²) >= 11 is 0. The molecule has 0 saturated carbocycles. The van der Waals surface area contributed by atoms with E-state index in [1.807, 2.05) is 109 Å². The van der Waals surface area contributed by atoms with Crippen molar-refractivity contribution in [2.24, 2.45) is 0 Å². The van der Waals surface area contributed by atoms with Gasteiger partial charge in [-0.2, -0.15) is 0 Å². The zero-order chi connectivity index (χ0) is 25.7. The Morgan fingerprint density at radius 3 is 2.03 bits per heavy atom. The smallest absolute Gasteiger partial charge is 0.432 e. The Morgan fingerprint density at radius 2 is 1.35 bits per heavy atom. The minimum absolute atomic E-state index is 0.207. The molecule has 4 aromatic carbocycles. The minimum Gasteiger partial charge on any atom is -0.491 e. The number of rotatable bonds is 14. The van der Waals surface area contributed by atoms with E-state index in [-0.39, 0.29) is 6.61 Å². The van der Waals surface area contributed by atoms with Crippen molar-refractivity contribution in [3.63, 3.8) is 0 Å². The maximum absolute atomic E-state index is 12.4. The zero-order valence-electron chi connectivity index (χ0n) is 20.7. The third-order valence-electron chi connectivity index (χ3n) is 5.73. The van der Waals surface area contributed by atoms with Gasteiger partial charge < -0.3 is 29.3 Å². The van der Waals surface area contributed by atoms with Crippen molar-refractivity contribution in [1.82, 2.24) is 5.32 Å². The number of benzene rings is 4. The van der Waals surface area contributed by atoms with Gasteiger partial charge in [0, 0.05) is 17.4 Å². The van der Waals surface area contributed by atoms with Crippen LogP contribution in [0.4, 0.5) is 5.69 Å². The number of anilines is 1. The number of hydrogen-bond donors (Lipinski definition) is 3. The van der Waals surface area contributed by atoms with Gasteiger partial charge in [-0.25, -0.2) is 0 Å². The molecule has 4 rings (SSSR count). The second kappa shape index (κ2) is 14.1. The third-order valence-corrected chi connectivity index (χ3v) is 7.11. The topological polar surface area (TPSA) is 79.8 Å². The zero-order valence-corrected chi connectivity index (χ0v) is 21.7. The van der Waals surface area contributed by atoms with Gasteiger partial charge in [0.15, 0.2) is 0 Å². The van der Waals surface area contributed by atoms with Gasteiger partial charge in [0.05, 0.1) is 0 Å². The van der Waals surface area contributed by atoms with Crippen molar-refractivity contribution in [2.75, 3.05) is 24.7 Å². The largest absolute Gasteiger partial charge is 0.491 e. The Kier molecular flexibility index (Phi) is 10.0. The molecule has 0 unspecified atom stereocenters. The van der Waals surface area contributed by atoms with Crippen LogP contribution in [0.25, 0.3) is 0 Å². The molecular weight excluding hydrogens is 480 g/mol. The molecular formula is C30H32N2O4Si. The summed E-state index contributed by atoms with van der Waals surface area (Å²) in [4.78, 5) is 3.09. The lowest BCUT2D eigenvalue weighted by Crippen LogP contribution is -2.32. The summed E-state index contributed by atoms with van der Waals surface area (Å²) in [5, 5.41) is 14.3. The van der Waals surface area contributed by atoms with Crippen molar-refractivity contribution in [3.05, 3.63) is 120 Å². The normalized spacial score (nSPS) is 11.5. The van der Waals surface area contributed by atoms with Crippen LogP contribution in [-0.4, -0.2) is 39.8 Å². The van der Waals surface area contributed by atoms with Crippen molar-refractivity contribution >= 4 is 19.7 Å². The second-order valence-electron chi connectivity index (χ2n) is 8.68. The van der Waals surface area contributed by atoms with Crippen LogP contribution < -0.4 is 25.0 Å². The molecule has 0 aliphatic carbocycles. The molecule has 37 heavy (non-hydrogen) atoms. The fourth-order valence-corrected chi connectivity index (χ4v) is 4.74. The van der Waals surface area contributed by atoms with Gasteiger partial charge in [-0.3, -0.25) is 0 Å².